The maximum atomic E-state index is 14.8. The fourth-order valence-electron chi connectivity index (χ4n) is 4.85. The molecule has 2 aromatic carbocycles. The predicted octanol–water partition coefficient (Wildman–Crippen LogP) is 5.27. The van der Waals surface area contributed by atoms with E-state index in [1.54, 1.807) is 27.9 Å². The summed E-state index contributed by atoms with van der Waals surface area (Å²) in [5.41, 5.74) is 3.72. The minimum absolute atomic E-state index is 0.109. The first-order chi connectivity index (χ1) is 19.8. The molecule has 1 saturated heterocycles. The fourth-order valence-corrected chi connectivity index (χ4v) is 5.11. The number of nitrogens with one attached hydrogen (secondary N) is 1. The van der Waals surface area contributed by atoms with E-state index in [2.05, 4.69) is 41.6 Å². The number of hydrogen-bond acceptors (Lipinski definition) is 6. The smallest absolute Gasteiger partial charge is 0.257 e. The quantitative estimate of drug-likeness (QED) is 0.279. The molecule has 0 aliphatic carbocycles. The summed E-state index contributed by atoms with van der Waals surface area (Å²) in [4.78, 5) is 32.1. The van der Waals surface area contributed by atoms with Gasteiger partial charge >= 0.3 is 0 Å². The average Bonchev–Trinajstić information content (AvgIpc) is 3.68. The molecule has 0 saturated carbocycles. The summed E-state index contributed by atoms with van der Waals surface area (Å²) in [6, 6.07) is 16.5. The number of carbonyl (C=O) groups is 2. The summed E-state index contributed by atoms with van der Waals surface area (Å²) in [6.45, 7) is 4.36. The van der Waals surface area contributed by atoms with E-state index < -0.39 is 17.8 Å². The van der Waals surface area contributed by atoms with Crippen molar-refractivity contribution in [1.82, 2.24) is 29.8 Å². The molecule has 1 unspecified atom stereocenters. The van der Waals surface area contributed by atoms with Crippen LogP contribution in [0.5, 0.6) is 0 Å². The van der Waals surface area contributed by atoms with Gasteiger partial charge in [-0.3, -0.25) is 9.59 Å². The Bertz CT molecular complexity index is 1760. The Morgan fingerprint density at radius 2 is 1.88 bits per heavy atom. The number of nitrogens with zero attached hydrogens (tertiary/aromatic N) is 7. The van der Waals surface area contributed by atoms with Gasteiger partial charge in [0.05, 0.1) is 17.5 Å². The first-order valence-electron chi connectivity index (χ1n) is 12.9. The lowest BCUT2D eigenvalue weighted by Crippen LogP contribution is -2.28. The lowest BCUT2D eigenvalue weighted by molar-refractivity contribution is -0.120. The third kappa shape index (κ3) is 5.25. The summed E-state index contributed by atoms with van der Waals surface area (Å²) in [5.74, 6) is -0.439. The SMILES string of the molecule is Cc1cc(C)n(-c2ccc(C(=O)Nc3ccc(F)c(-c4cn(C5CCN(c6ccc(Br)cc6)C5=O)nn4)c3)cn2)n1. The Morgan fingerprint density at radius 3 is 2.59 bits per heavy atom. The van der Waals surface area contributed by atoms with Crippen molar-refractivity contribution in [3.8, 4) is 17.1 Å². The number of benzene rings is 2. The molecule has 206 valence electrons. The molecule has 2 amide bonds. The Morgan fingerprint density at radius 1 is 1.07 bits per heavy atom. The third-order valence-electron chi connectivity index (χ3n) is 6.88. The number of anilines is 2. The van der Waals surface area contributed by atoms with Crippen LogP contribution in [-0.4, -0.2) is 48.1 Å². The summed E-state index contributed by atoms with van der Waals surface area (Å²) >= 11 is 3.41. The summed E-state index contributed by atoms with van der Waals surface area (Å²) in [6.07, 6.45) is 3.56. The number of amides is 2. The van der Waals surface area contributed by atoms with Crippen LogP contribution in [0.3, 0.4) is 0 Å². The molecule has 1 aliphatic heterocycles. The molecule has 1 atom stereocenters. The second kappa shape index (κ2) is 10.7. The molecule has 5 aromatic rings. The van der Waals surface area contributed by atoms with Crippen LogP contribution in [0.15, 0.2) is 77.5 Å². The lowest BCUT2D eigenvalue weighted by atomic mass is 10.1. The molecule has 6 rings (SSSR count). The van der Waals surface area contributed by atoms with E-state index in [1.807, 2.05) is 44.2 Å². The van der Waals surface area contributed by atoms with Gasteiger partial charge < -0.3 is 10.2 Å². The van der Waals surface area contributed by atoms with Gasteiger partial charge in [-0.15, -0.1) is 5.10 Å². The van der Waals surface area contributed by atoms with E-state index in [9.17, 15) is 14.0 Å². The van der Waals surface area contributed by atoms with E-state index in [0.29, 0.717) is 30.0 Å². The number of pyridine rings is 1. The van der Waals surface area contributed by atoms with Gasteiger partial charge in [0.25, 0.3) is 11.8 Å². The molecule has 0 spiro atoms. The van der Waals surface area contributed by atoms with Gasteiger partial charge in [-0.25, -0.2) is 18.7 Å². The highest BCUT2D eigenvalue weighted by atomic mass is 79.9. The van der Waals surface area contributed by atoms with Crippen molar-refractivity contribution < 1.29 is 14.0 Å². The molecule has 1 aliphatic rings. The highest BCUT2D eigenvalue weighted by molar-refractivity contribution is 9.10. The van der Waals surface area contributed by atoms with Gasteiger partial charge in [-0.1, -0.05) is 21.1 Å². The van der Waals surface area contributed by atoms with Gasteiger partial charge in [-0.05, 0) is 80.9 Å². The Balaban J connectivity index is 1.17. The second-order valence-corrected chi connectivity index (χ2v) is 10.7. The van der Waals surface area contributed by atoms with E-state index in [0.717, 1.165) is 21.5 Å². The molecule has 4 heterocycles. The van der Waals surface area contributed by atoms with Gasteiger partial charge in [-0.2, -0.15) is 5.10 Å². The van der Waals surface area contributed by atoms with Crippen molar-refractivity contribution in [2.24, 2.45) is 0 Å². The minimum atomic E-state index is -0.546. The molecular formula is C29H24BrFN8O2. The molecule has 1 N–H and O–H groups in total. The van der Waals surface area contributed by atoms with Crippen molar-refractivity contribution in [3.05, 3.63) is 100 Å². The number of halogens is 2. The van der Waals surface area contributed by atoms with Gasteiger partial charge in [0.1, 0.15) is 17.6 Å². The zero-order valence-electron chi connectivity index (χ0n) is 22.1. The van der Waals surface area contributed by atoms with Crippen LogP contribution >= 0.6 is 15.9 Å². The first-order valence-corrected chi connectivity index (χ1v) is 13.7. The Labute approximate surface area is 242 Å². The van der Waals surface area contributed by atoms with Crippen LogP contribution in [0.4, 0.5) is 15.8 Å². The number of hydrogen-bond donors (Lipinski definition) is 1. The number of carbonyl (C=O) groups excluding carboxylic acids is 2. The normalized spacial score (nSPS) is 15.0. The van der Waals surface area contributed by atoms with Crippen molar-refractivity contribution in [1.29, 1.82) is 0 Å². The highest BCUT2D eigenvalue weighted by Crippen LogP contribution is 2.31. The standard InChI is InChI=1S/C29H24BrFN8O2/c1-17-13-18(2)39(35-17)27-10-3-19(15-32-27)28(40)33-21-6-9-24(31)23(14-21)25-16-38(36-34-25)26-11-12-37(29(26)41)22-7-4-20(30)5-8-22/h3-10,13-16,26H,11-12H2,1-2H3,(H,33,40). The summed E-state index contributed by atoms with van der Waals surface area (Å²) in [5, 5.41) is 15.4. The van der Waals surface area contributed by atoms with E-state index in [4.69, 9.17) is 0 Å². The number of rotatable bonds is 6. The van der Waals surface area contributed by atoms with Crippen molar-refractivity contribution in [2.45, 2.75) is 26.3 Å². The van der Waals surface area contributed by atoms with Gasteiger partial charge in [0.2, 0.25) is 0 Å². The average molecular weight is 615 g/mol. The number of aryl methyl sites for hydroxylation is 2. The third-order valence-corrected chi connectivity index (χ3v) is 7.41. The molecule has 41 heavy (non-hydrogen) atoms. The zero-order valence-corrected chi connectivity index (χ0v) is 23.7. The van der Waals surface area contributed by atoms with Gasteiger partial charge in [0.15, 0.2) is 5.82 Å². The predicted molar refractivity (Wildman–Crippen MR) is 154 cm³/mol. The Hall–Kier alpha value is -4.71. The van der Waals surface area contributed by atoms with E-state index in [1.165, 1.54) is 29.1 Å². The van der Waals surface area contributed by atoms with E-state index >= 15 is 0 Å². The van der Waals surface area contributed by atoms with Crippen molar-refractivity contribution in [2.75, 3.05) is 16.8 Å². The number of aromatic nitrogens is 6. The maximum Gasteiger partial charge on any atom is 0.257 e. The second-order valence-electron chi connectivity index (χ2n) is 9.75. The van der Waals surface area contributed by atoms with Crippen LogP contribution < -0.4 is 10.2 Å². The molecule has 12 heteroatoms. The topological polar surface area (TPSA) is 111 Å². The zero-order chi connectivity index (χ0) is 28.7. The highest BCUT2D eigenvalue weighted by Gasteiger charge is 2.35. The molecule has 10 nitrogen and oxygen atoms in total. The van der Waals surface area contributed by atoms with Crippen LogP contribution in [-0.2, 0) is 4.79 Å². The van der Waals surface area contributed by atoms with Crippen molar-refractivity contribution >= 4 is 39.1 Å². The Kier molecular flexibility index (Phi) is 6.91. The fraction of sp³-hybridized carbons (Fsp3) is 0.172. The molecular weight excluding hydrogens is 591 g/mol. The maximum absolute atomic E-state index is 14.8. The van der Waals surface area contributed by atoms with Crippen LogP contribution in [0.1, 0.15) is 34.2 Å². The molecule has 0 radical (unpaired) electrons. The van der Waals surface area contributed by atoms with E-state index in [-0.39, 0.29) is 17.2 Å². The van der Waals surface area contributed by atoms with Gasteiger partial charge in [0, 0.05) is 39.8 Å². The monoisotopic (exact) mass is 614 g/mol. The summed E-state index contributed by atoms with van der Waals surface area (Å²) in [7, 11) is 0. The van der Waals surface area contributed by atoms with Crippen LogP contribution in [0.2, 0.25) is 0 Å². The molecule has 0 bridgehead atoms. The lowest BCUT2D eigenvalue weighted by Gasteiger charge is -2.16. The van der Waals surface area contributed by atoms with Crippen LogP contribution in [0, 0.1) is 19.7 Å². The largest absolute Gasteiger partial charge is 0.322 e. The molecule has 1 fully saturated rings. The van der Waals surface area contributed by atoms with Crippen LogP contribution in [0.25, 0.3) is 17.1 Å². The minimum Gasteiger partial charge on any atom is -0.322 e. The molecule has 3 aromatic heterocycles. The summed E-state index contributed by atoms with van der Waals surface area (Å²) < 4.78 is 18.9. The van der Waals surface area contributed by atoms with Crippen molar-refractivity contribution in [3.63, 3.8) is 0 Å². The first kappa shape index (κ1) is 26.5.